The number of para-hydroxylation sites is 2. The van der Waals surface area contributed by atoms with Gasteiger partial charge in [-0.15, -0.1) is 0 Å². The first-order valence-corrected chi connectivity index (χ1v) is 24.6. The van der Waals surface area contributed by atoms with Gasteiger partial charge >= 0.3 is 0 Å². The van der Waals surface area contributed by atoms with Crippen molar-refractivity contribution in [2.75, 3.05) is 11.4 Å². The van der Waals surface area contributed by atoms with Gasteiger partial charge < -0.3 is 9.47 Å². The number of anilines is 2. The van der Waals surface area contributed by atoms with Gasteiger partial charge in [0, 0.05) is 45.4 Å². The van der Waals surface area contributed by atoms with Crippen LogP contribution in [0.2, 0.25) is 0 Å². The number of nitrogens with zero attached hydrogens (tertiary/aromatic N) is 2. The predicted octanol–water partition coefficient (Wildman–Crippen LogP) is 18.3. The maximum atomic E-state index is 4.48. The summed E-state index contributed by atoms with van der Waals surface area (Å²) >= 11 is 0. The van der Waals surface area contributed by atoms with E-state index in [1.165, 1.54) is 99.8 Å². The van der Waals surface area contributed by atoms with Gasteiger partial charge in [0.2, 0.25) is 0 Å². The summed E-state index contributed by atoms with van der Waals surface area (Å²) in [6, 6.07) is 74.5. The topological polar surface area (TPSA) is 8.17 Å². The third-order valence-corrected chi connectivity index (χ3v) is 15.0. The number of hydrogen-bond acceptors (Lipinski definition) is 1. The van der Waals surface area contributed by atoms with Crippen molar-refractivity contribution in [2.45, 2.75) is 45.4 Å². The normalized spacial score (nSPS) is 14.9. The van der Waals surface area contributed by atoms with Gasteiger partial charge in [0.25, 0.3) is 0 Å². The Labute approximate surface area is 412 Å². The highest BCUT2D eigenvalue weighted by Gasteiger charge is 2.36. The number of allylic oxidation sites excluding steroid dienone is 4. The second kappa shape index (κ2) is 16.8. The molecule has 0 bridgehead atoms. The molecule has 10 aromatic rings. The van der Waals surface area contributed by atoms with Crippen molar-refractivity contribution in [3.8, 4) is 61.3 Å². The molecule has 2 nitrogen and oxygen atoms in total. The van der Waals surface area contributed by atoms with Gasteiger partial charge in [-0.05, 0) is 150 Å². The minimum atomic E-state index is -0.153. The summed E-state index contributed by atoms with van der Waals surface area (Å²) in [7, 11) is 0. The first-order valence-electron chi connectivity index (χ1n) is 24.6. The minimum absolute atomic E-state index is 0.110. The zero-order chi connectivity index (χ0) is 47.7. The lowest BCUT2D eigenvalue weighted by Crippen LogP contribution is -2.18. The fraction of sp³-hybridized carbons (Fsp3) is 0.118. The molecule has 338 valence electrons. The molecule has 0 spiro atoms. The van der Waals surface area contributed by atoms with Crippen LogP contribution >= 0.6 is 0 Å². The van der Waals surface area contributed by atoms with Gasteiger partial charge in [-0.2, -0.15) is 0 Å². The van der Waals surface area contributed by atoms with Gasteiger partial charge in [-0.3, -0.25) is 0 Å². The molecule has 70 heavy (non-hydrogen) atoms. The standard InChI is InChI=1S/C68H56N2/c1-45-15-9-8-14-40-69(55-16-10-7-11-17-55)64-38-30-50(41-60(45)64)46-20-24-48(25-21-46)52-28-36-57-58-37-29-53(44-63(58)68(5,6)62(57)43-52)49-26-22-47(23-27-49)51-31-39-66-61(42-51)59-18-12-13-19-65(59)70(66)56-34-32-54(33-35-56)67(2,3)4/h7-39,41-44H,1,40H2,2-6H3/b14-8-,15-9-. The Morgan fingerprint density at radius 1 is 0.443 bits per heavy atom. The van der Waals surface area contributed by atoms with Crippen LogP contribution in [0.1, 0.15) is 56.9 Å². The average molecular weight is 901 g/mol. The number of aromatic nitrogens is 1. The van der Waals surface area contributed by atoms with Crippen molar-refractivity contribution in [2.24, 2.45) is 0 Å². The van der Waals surface area contributed by atoms with Crippen LogP contribution < -0.4 is 4.90 Å². The van der Waals surface area contributed by atoms with Gasteiger partial charge in [0.1, 0.15) is 0 Å². The summed E-state index contributed by atoms with van der Waals surface area (Å²) in [4.78, 5) is 2.36. The molecule has 0 fully saturated rings. The molecule has 0 unspecified atom stereocenters. The van der Waals surface area contributed by atoms with Crippen LogP contribution in [0.4, 0.5) is 11.4 Å². The van der Waals surface area contributed by atoms with Crippen molar-refractivity contribution in [1.29, 1.82) is 0 Å². The van der Waals surface area contributed by atoms with E-state index >= 15 is 0 Å². The van der Waals surface area contributed by atoms with Crippen LogP contribution in [-0.4, -0.2) is 11.1 Å². The van der Waals surface area contributed by atoms with E-state index < -0.39 is 0 Å². The molecule has 0 saturated heterocycles. The SMILES string of the molecule is C=C1/C=C\C=C/CN(c2ccccc2)c2ccc(-c3ccc(-c4ccc5c(c4)C(C)(C)c4cc(-c6ccc(-c7ccc8c(c7)c7ccccc7n8-c7ccc(C(C)(C)C)cc7)cc6)ccc4-5)cc3)cc21. The number of rotatable bonds is 6. The third kappa shape index (κ3) is 7.43. The fourth-order valence-electron chi connectivity index (χ4n) is 11.0. The van der Waals surface area contributed by atoms with E-state index in [4.69, 9.17) is 0 Å². The van der Waals surface area contributed by atoms with Gasteiger partial charge in [-0.1, -0.05) is 199 Å². The number of hydrogen-bond donors (Lipinski definition) is 0. The van der Waals surface area contributed by atoms with E-state index in [0.29, 0.717) is 0 Å². The summed E-state index contributed by atoms with van der Waals surface area (Å²) in [5.74, 6) is 0. The zero-order valence-corrected chi connectivity index (χ0v) is 40.7. The molecule has 0 saturated carbocycles. The van der Waals surface area contributed by atoms with Crippen LogP contribution in [0.25, 0.3) is 88.7 Å². The highest BCUT2D eigenvalue weighted by Crippen LogP contribution is 2.51. The van der Waals surface area contributed by atoms with Crippen molar-refractivity contribution in [3.05, 3.63) is 253 Å². The number of fused-ring (bicyclic) bond motifs is 7. The smallest absolute Gasteiger partial charge is 0.0541 e. The van der Waals surface area contributed by atoms with Crippen LogP contribution in [0.3, 0.4) is 0 Å². The largest absolute Gasteiger partial charge is 0.337 e. The van der Waals surface area contributed by atoms with E-state index in [0.717, 1.165) is 29.1 Å². The molecule has 0 radical (unpaired) electrons. The molecule has 1 aliphatic heterocycles. The highest BCUT2D eigenvalue weighted by atomic mass is 15.1. The third-order valence-electron chi connectivity index (χ3n) is 15.0. The summed E-state index contributed by atoms with van der Waals surface area (Å²) in [5.41, 5.74) is 24.5. The van der Waals surface area contributed by atoms with E-state index in [1.807, 2.05) is 0 Å². The summed E-state index contributed by atoms with van der Waals surface area (Å²) in [6.45, 7) is 16.8. The Kier molecular flexibility index (Phi) is 10.3. The minimum Gasteiger partial charge on any atom is -0.337 e. The fourth-order valence-corrected chi connectivity index (χ4v) is 11.0. The van der Waals surface area contributed by atoms with E-state index in [1.54, 1.807) is 0 Å². The average Bonchev–Trinajstić information content (AvgIpc) is 3.86. The van der Waals surface area contributed by atoms with Crippen molar-refractivity contribution < 1.29 is 0 Å². The first-order chi connectivity index (χ1) is 34.0. The molecule has 0 atom stereocenters. The summed E-state index contributed by atoms with van der Waals surface area (Å²) in [6.07, 6.45) is 8.51. The van der Waals surface area contributed by atoms with Gasteiger partial charge in [0.15, 0.2) is 0 Å². The maximum Gasteiger partial charge on any atom is 0.0541 e. The summed E-state index contributed by atoms with van der Waals surface area (Å²) in [5, 5.41) is 2.53. The lowest BCUT2D eigenvalue weighted by Gasteiger charge is -2.27. The van der Waals surface area contributed by atoms with Crippen LogP contribution in [0.5, 0.6) is 0 Å². The Hall–Kier alpha value is -8.20. The maximum absolute atomic E-state index is 4.48. The van der Waals surface area contributed by atoms with Crippen LogP contribution in [0.15, 0.2) is 231 Å². The van der Waals surface area contributed by atoms with E-state index in [9.17, 15) is 0 Å². The molecule has 2 aliphatic rings. The van der Waals surface area contributed by atoms with E-state index in [2.05, 4.69) is 275 Å². The Bertz CT molecular complexity index is 3720. The second-order valence-corrected chi connectivity index (χ2v) is 20.7. The highest BCUT2D eigenvalue weighted by molar-refractivity contribution is 6.10. The lowest BCUT2D eigenvalue weighted by molar-refractivity contribution is 0.590. The Morgan fingerprint density at radius 3 is 1.57 bits per heavy atom. The molecule has 2 heteroatoms. The molecule has 0 N–H and O–H groups in total. The van der Waals surface area contributed by atoms with E-state index in [-0.39, 0.29) is 10.8 Å². The number of benzene rings is 9. The monoisotopic (exact) mass is 900 g/mol. The molecular weight excluding hydrogens is 845 g/mol. The predicted molar refractivity (Wildman–Crippen MR) is 300 cm³/mol. The molecule has 0 amide bonds. The Balaban J connectivity index is 0.799. The quantitative estimate of drug-likeness (QED) is 0.161. The molecule has 12 rings (SSSR count). The molecule has 1 aromatic heterocycles. The van der Waals surface area contributed by atoms with Crippen molar-refractivity contribution >= 4 is 38.8 Å². The van der Waals surface area contributed by atoms with Crippen LogP contribution in [-0.2, 0) is 10.8 Å². The van der Waals surface area contributed by atoms with Crippen molar-refractivity contribution in [1.82, 2.24) is 4.57 Å². The molecule has 1 aliphatic carbocycles. The Morgan fingerprint density at radius 2 is 0.957 bits per heavy atom. The lowest BCUT2D eigenvalue weighted by atomic mass is 9.80. The summed E-state index contributed by atoms with van der Waals surface area (Å²) < 4.78 is 2.41. The molecular formula is C68H56N2. The van der Waals surface area contributed by atoms with Crippen LogP contribution in [0, 0.1) is 0 Å². The second-order valence-electron chi connectivity index (χ2n) is 20.7. The van der Waals surface area contributed by atoms with Gasteiger partial charge in [0.05, 0.1) is 11.0 Å². The first kappa shape index (κ1) is 43.1. The zero-order valence-electron chi connectivity index (χ0n) is 40.7. The van der Waals surface area contributed by atoms with Gasteiger partial charge in [-0.25, -0.2) is 0 Å². The molecule has 2 heterocycles. The molecule has 9 aromatic carbocycles. The van der Waals surface area contributed by atoms with Crippen molar-refractivity contribution in [3.63, 3.8) is 0 Å².